The first-order valence-electron chi connectivity index (χ1n) is 10.6. The number of hydrogen-bond donors (Lipinski definition) is 2. The molecule has 2 aromatic rings. The quantitative estimate of drug-likeness (QED) is 0.650. The SMILES string of the molecule is CCOc1ccc(C2C(C#N)=C(N)N(NC(=O)c3cccnc3Cl)C3=C2C(=O)CCC3)cc1. The van der Waals surface area contributed by atoms with Crippen LogP contribution in [0.1, 0.15) is 48.0 Å². The highest BCUT2D eigenvalue weighted by Crippen LogP contribution is 2.44. The van der Waals surface area contributed by atoms with Crippen LogP contribution in [0.3, 0.4) is 0 Å². The van der Waals surface area contributed by atoms with E-state index >= 15 is 0 Å². The molecule has 0 radical (unpaired) electrons. The third-order valence-electron chi connectivity index (χ3n) is 5.65. The van der Waals surface area contributed by atoms with Gasteiger partial charge in [-0.1, -0.05) is 23.7 Å². The number of hydrogen-bond acceptors (Lipinski definition) is 7. The topological polar surface area (TPSA) is 121 Å². The van der Waals surface area contributed by atoms with Crippen LogP contribution in [0.4, 0.5) is 0 Å². The number of allylic oxidation sites excluding steroid dienone is 3. The lowest BCUT2D eigenvalue weighted by Gasteiger charge is -2.39. The largest absolute Gasteiger partial charge is 0.494 e. The molecule has 4 rings (SSSR count). The molecule has 0 spiro atoms. The Balaban J connectivity index is 1.78. The Kier molecular flexibility index (Phi) is 6.33. The van der Waals surface area contributed by atoms with E-state index in [0.29, 0.717) is 42.9 Å². The normalized spacial score (nSPS) is 18.0. The van der Waals surface area contributed by atoms with Crippen LogP contribution in [0.2, 0.25) is 5.15 Å². The molecule has 1 aliphatic heterocycles. The molecule has 2 aliphatic rings. The van der Waals surface area contributed by atoms with Crippen LogP contribution in [0.25, 0.3) is 0 Å². The second-order valence-electron chi connectivity index (χ2n) is 7.60. The average Bonchev–Trinajstić information content (AvgIpc) is 2.81. The summed E-state index contributed by atoms with van der Waals surface area (Å²) in [5.41, 5.74) is 11.3. The highest BCUT2D eigenvalue weighted by molar-refractivity contribution is 6.32. The van der Waals surface area contributed by atoms with E-state index < -0.39 is 11.8 Å². The molecule has 1 aliphatic carbocycles. The van der Waals surface area contributed by atoms with E-state index in [-0.39, 0.29) is 27.9 Å². The number of benzene rings is 1. The summed E-state index contributed by atoms with van der Waals surface area (Å²) in [5, 5.41) is 11.4. The van der Waals surface area contributed by atoms with Gasteiger partial charge >= 0.3 is 0 Å². The zero-order valence-corrected chi connectivity index (χ0v) is 18.7. The van der Waals surface area contributed by atoms with E-state index in [4.69, 9.17) is 22.1 Å². The second kappa shape index (κ2) is 9.35. The van der Waals surface area contributed by atoms with Crippen molar-refractivity contribution in [2.45, 2.75) is 32.1 Å². The molecular formula is C24H22ClN5O3. The Morgan fingerprint density at radius 1 is 1.33 bits per heavy atom. The molecule has 1 atom stereocenters. The summed E-state index contributed by atoms with van der Waals surface area (Å²) in [4.78, 5) is 29.9. The van der Waals surface area contributed by atoms with Crippen LogP contribution < -0.4 is 15.9 Å². The number of hydrazine groups is 1. The lowest BCUT2D eigenvalue weighted by Crippen LogP contribution is -2.48. The maximum atomic E-state index is 13.1. The first-order chi connectivity index (χ1) is 16.0. The summed E-state index contributed by atoms with van der Waals surface area (Å²) in [5.74, 6) is -0.479. The number of pyridine rings is 1. The Labute approximate surface area is 196 Å². The van der Waals surface area contributed by atoms with E-state index in [1.165, 1.54) is 17.3 Å². The molecule has 9 heteroatoms. The van der Waals surface area contributed by atoms with Gasteiger partial charge in [0.2, 0.25) is 0 Å². The van der Waals surface area contributed by atoms with Gasteiger partial charge < -0.3 is 10.5 Å². The Morgan fingerprint density at radius 3 is 2.76 bits per heavy atom. The fourth-order valence-electron chi connectivity index (χ4n) is 4.19. The minimum atomic E-state index is -0.622. The molecule has 8 nitrogen and oxygen atoms in total. The van der Waals surface area contributed by atoms with Crippen LogP contribution in [0.5, 0.6) is 5.75 Å². The predicted octanol–water partition coefficient (Wildman–Crippen LogP) is 3.58. The summed E-state index contributed by atoms with van der Waals surface area (Å²) >= 11 is 6.07. The fourth-order valence-corrected chi connectivity index (χ4v) is 4.39. The Bertz CT molecular complexity index is 1210. The first-order valence-corrected chi connectivity index (χ1v) is 10.9. The number of ketones is 1. The minimum absolute atomic E-state index is 0.0382. The zero-order chi connectivity index (χ0) is 23.5. The number of carbonyl (C=O) groups is 2. The highest BCUT2D eigenvalue weighted by Gasteiger charge is 2.40. The van der Waals surface area contributed by atoms with Crippen LogP contribution in [-0.4, -0.2) is 28.3 Å². The van der Waals surface area contributed by atoms with Crippen molar-refractivity contribution in [2.75, 3.05) is 6.61 Å². The number of halogens is 1. The number of ether oxygens (including phenoxy) is 1. The highest BCUT2D eigenvalue weighted by atomic mass is 35.5. The van der Waals surface area contributed by atoms with Gasteiger partial charge in [0.25, 0.3) is 5.91 Å². The molecular weight excluding hydrogens is 442 g/mol. The van der Waals surface area contributed by atoms with Gasteiger partial charge in [0.1, 0.15) is 16.7 Å². The lowest BCUT2D eigenvalue weighted by molar-refractivity contribution is -0.116. The van der Waals surface area contributed by atoms with E-state index in [2.05, 4.69) is 16.5 Å². The van der Waals surface area contributed by atoms with Crippen molar-refractivity contribution >= 4 is 23.3 Å². The van der Waals surface area contributed by atoms with Crippen molar-refractivity contribution in [1.29, 1.82) is 5.26 Å². The van der Waals surface area contributed by atoms with Gasteiger partial charge in [-0.25, -0.2) is 9.99 Å². The molecule has 2 heterocycles. The molecule has 1 unspecified atom stereocenters. The number of nitrogens with two attached hydrogens (primary N) is 1. The summed E-state index contributed by atoms with van der Waals surface area (Å²) in [6.07, 6.45) is 2.98. The van der Waals surface area contributed by atoms with Gasteiger partial charge in [0.15, 0.2) is 5.78 Å². The smallest absolute Gasteiger partial charge is 0.273 e. The number of rotatable bonds is 5. The molecule has 1 aromatic heterocycles. The van der Waals surface area contributed by atoms with Gasteiger partial charge in [-0.15, -0.1) is 0 Å². The van der Waals surface area contributed by atoms with Crippen molar-refractivity contribution < 1.29 is 14.3 Å². The van der Waals surface area contributed by atoms with Crippen LogP contribution in [0.15, 0.2) is 65.3 Å². The molecule has 0 saturated carbocycles. The molecule has 0 bridgehead atoms. The van der Waals surface area contributed by atoms with E-state index in [1.807, 2.05) is 19.1 Å². The minimum Gasteiger partial charge on any atom is -0.494 e. The second-order valence-corrected chi connectivity index (χ2v) is 7.96. The van der Waals surface area contributed by atoms with Crippen molar-refractivity contribution in [3.05, 3.63) is 81.5 Å². The molecule has 1 aromatic carbocycles. The molecule has 3 N–H and O–H groups in total. The predicted molar refractivity (Wildman–Crippen MR) is 122 cm³/mol. The first kappa shape index (κ1) is 22.4. The van der Waals surface area contributed by atoms with Gasteiger partial charge in [-0.05, 0) is 49.6 Å². The van der Waals surface area contributed by atoms with Crippen LogP contribution >= 0.6 is 11.6 Å². The summed E-state index contributed by atoms with van der Waals surface area (Å²) in [7, 11) is 0. The molecule has 0 saturated heterocycles. The monoisotopic (exact) mass is 463 g/mol. The zero-order valence-electron chi connectivity index (χ0n) is 18.0. The van der Waals surface area contributed by atoms with Gasteiger partial charge in [-0.2, -0.15) is 5.26 Å². The van der Waals surface area contributed by atoms with Crippen molar-refractivity contribution in [3.63, 3.8) is 0 Å². The standard InChI is InChI=1S/C24H22ClN5O3/c1-2-33-15-10-8-14(9-11-15)20-17(13-26)23(27)30(18-6-3-7-19(31)21(18)20)29-24(32)16-5-4-12-28-22(16)25/h4-5,8-12,20H,2-3,6-7,27H2,1H3,(H,29,32). The van der Waals surface area contributed by atoms with Crippen LogP contribution in [-0.2, 0) is 4.79 Å². The number of Topliss-reactive ketones (excluding diaryl/α,β-unsaturated/α-hetero) is 1. The molecule has 1 amide bonds. The number of nitrogens with zero attached hydrogens (tertiary/aromatic N) is 3. The summed E-state index contributed by atoms with van der Waals surface area (Å²) in [6, 6.07) is 12.5. The third kappa shape index (κ3) is 4.15. The molecule has 0 fully saturated rings. The average molecular weight is 464 g/mol. The maximum Gasteiger partial charge on any atom is 0.273 e. The number of carbonyl (C=O) groups excluding carboxylic acids is 2. The molecule has 168 valence electrons. The third-order valence-corrected chi connectivity index (χ3v) is 5.96. The Hall–Kier alpha value is -3.83. The van der Waals surface area contributed by atoms with Crippen molar-refractivity contribution in [1.82, 2.24) is 15.4 Å². The lowest BCUT2D eigenvalue weighted by atomic mass is 9.76. The molecule has 33 heavy (non-hydrogen) atoms. The summed E-state index contributed by atoms with van der Waals surface area (Å²) in [6.45, 7) is 2.42. The maximum absolute atomic E-state index is 13.1. The number of nitriles is 1. The van der Waals surface area contributed by atoms with E-state index in [1.54, 1.807) is 18.2 Å². The van der Waals surface area contributed by atoms with Gasteiger partial charge in [0, 0.05) is 23.9 Å². The van der Waals surface area contributed by atoms with E-state index in [9.17, 15) is 14.9 Å². The number of aromatic nitrogens is 1. The van der Waals surface area contributed by atoms with Gasteiger partial charge in [-0.3, -0.25) is 15.0 Å². The van der Waals surface area contributed by atoms with E-state index in [0.717, 1.165) is 5.56 Å². The number of amides is 1. The van der Waals surface area contributed by atoms with Crippen LogP contribution in [0, 0.1) is 11.3 Å². The van der Waals surface area contributed by atoms with Gasteiger partial charge in [0.05, 0.1) is 29.7 Å². The van der Waals surface area contributed by atoms with Crippen molar-refractivity contribution in [3.8, 4) is 11.8 Å². The Morgan fingerprint density at radius 2 is 2.09 bits per heavy atom. The fraction of sp³-hybridized carbons (Fsp3) is 0.250. The van der Waals surface area contributed by atoms with Crippen molar-refractivity contribution in [2.24, 2.45) is 5.73 Å². The summed E-state index contributed by atoms with van der Waals surface area (Å²) < 4.78 is 5.51. The number of nitrogens with one attached hydrogen (secondary N) is 1.